The van der Waals surface area contributed by atoms with E-state index in [9.17, 15) is 9.59 Å². The van der Waals surface area contributed by atoms with Gasteiger partial charge in [0.1, 0.15) is 0 Å². The van der Waals surface area contributed by atoms with Crippen LogP contribution in [0.25, 0.3) is 0 Å². The number of nitrogens with zero attached hydrogens (tertiary/aromatic N) is 3. The maximum Gasteiger partial charge on any atom is 0.274 e. The van der Waals surface area contributed by atoms with Crippen LogP contribution in [0.5, 0.6) is 0 Å². The molecule has 0 saturated carbocycles. The number of amides is 2. The topological polar surface area (TPSA) is 67.2 Å². The van der Waals surface area contributed by atoms with Crippen LogP contribution in [0.4, 0.5) is 0 Å². The van der Waals surface area contributed by atoms with E-state index in [-0.39, 0.29) is 17.9 Å². The monoisotopic (exact) mass is 302 g/mol. The number of likely N-dealkylation sites (tertiary alicyclic amines) is 1. The lowest BCUT2D eigenvalue weighted by Gasteiger charge is -2.24. The number of nitrogens with one attached hydrogen (secondary N) is 1. The number of carbonyl (C=O) groups is 2. The number of hydrogen-bond acceptors (Lipinski definition) is 3. The quantitative estimate of drug-likeness (QED) is 0.845. The molecule has 0 spiro atoms. The van der Waals surface area contributed by atoms with Crippen LogP contribution in [0.1, 0.15) is 54.8 Å². The van der Waals surface area contributed by atoms with Gasteiger partial charge in [-0.05, 0) is 44.6 Å². The highest BCUT2D eigenvalue weighted by atomic mass is 16.2. The third-order valence-corrected chi connectivity index (χ3v) is 5.32. The summed E-state index contributed by atoms with van der Waals surface area (Å²) in [6, 6.07) is 2.46. The third-order valence-electron chi connectivity index (χ3n) is 5.32. The molecule has 3 aliphatic rings. The van der Waals surface area contributed by atoms with Crippen LogP contribution in [0.2, 0.25) is 0 Å². The Morgan fingerprint density at radius 1 is 1.32 bits per heavy atom. The smallest absolute Gasteiger partial charge is 0.274 e. The van der Waals surface area contributed by atoms with Gasteiger partial charge in [-0.25, -0.2) is 0 Å². The summed E-state index contributed by atoms with van der Waals surface area (Å²) in [6.45, 7) is 3.51. The molecule has 0 aliphatic carbocycles. The fraction of sp³-hybridized carbons (Fsp3) is 0.688. The van der Waals surface area contributed by atoms with Gasteiger partial charge in [0.2, 0.25) is 5.91 Å². The lowest BCUT2D eigenvalue weighted by molar-refractivity contribution is -0.123. The van der Waals surface area contributed by atoms with Crippen molar-refractivity contribution in [2.24, 2.45) is 5.92 Å². The summed E-state index contributed by atoms with van der Waals surface area (Å²) < 4.78 is 2.02. The highest BCUT2D eigenvalue weighted by Gasteiger charge is 2.39. The zero-order valence-electron chi connectivity index (χ0n) is 12.9. The zero-order valence-corrected chi connectivity index (χ0v) is 12.9. The van der Waals surface area contributed by atoms with E-state index < -0.39 is 0 Å². The number of piperidine rings is 1. The molecule has 2 saturated heterocycles. The van der Waals surface area contributed by atoms with E-state index in [4.69, 9.17) is 0 Å². The van der Waals surface area contributed by atoms with Crippen molar-refractivity contribution in [2.75, 3.05) is 13.1 Å². The van der Waals surface area contributed by atoms with Gasteiger partial charge in [0, 0.05) is 31.2 Å². The standard InChI is InChI=1S/C16H22N4O2/c1-10-3-2-4-12-7-13(18-20(10)12)16(22)19-8-11-5-6-15(21)17-14(11)9-19/h7,10-11,14H,2-6,8-9H2,1H3,(H,17,21). The van der Waals surface area contributed by atoms with Crippen LogP contribution in [0.3, 0.4) is 0 Å². The molecule has 2 fully saturated rings. The maximum absolute atomic E-state index is 12.7. The molecule has 2 amide bonds. The normalized spacial score (nSPS) is 30.7. The summed E-state index contributed by atoms with van der Waals surface area (Å²) >= 11 is 0. The predicted octanol–water partition coefficient (Wildman–Crippen LogP) is 1.13. The fourth-order valence-electron chi connectivity index (χ4n) is 4.06. The van der Waals surface area contributed by atoms with Crippen molar-refractivity contribution in [3.63, 3.8) is 0 Å². The molecule has 4 heterocycles. The fourth-order valence-corrected chi connectivity index (χ4v) is 4.06. The third kappa shape index (κ3) is 2.21. The molecule has 6 heteroatoms. The summed E-state index contributed by atoms with van der Waals surface area (Å²) in [5, 5.41) is 7.56. The SMILES string of the molecule is CC1CCCc2cc(C(=O)N3CC4CCC(=O)NC4C3)nn21. The summed E-state index contributed by atoms with van der Waals surface area (Å²) in [5.41, 5.74) is 1.74. The summed E-state index contributed by atoms with van der Waals surface area (Å²) in [4.78, 5) is 26.1. The number of rotatable bonds is 1. The first kappa shape index (κ1) is 13.8. The number of carbonyl (C=O) groups excluding carboxylic acids is 2. The zero-order chi connectivity index (χ0) is 15.3. The first-order valence-corrected chi connectivity index (χ1v) is 8.29. The molecular weight excluding hydrogens is 280 g/mol. The second kappa shape index (κ2) is 5.11. The lowest BCUT2D eigenvalue weighted by Crippen LogP contribution is -2.44. The predicted molar refractivity (Wildman–Crippen MR) is 80.4 cm³/mol. The van der Waals surface area contributed by atoms with Crippen LogP contribution in [0.15, 0.2) is 6.07 Å². The Labute approximate surface area is 129 Å². The highest BCUT2D eigenvalue weighted by Crippen LogP contribution is 2.28. The van der Waals surface area contributed by atoms with E-state index in [2.05, 4.69) is 17.3 Å². The molecule has 3 atom stereocenters. The number of hydrogen-bond donors (Lipinski definition) is 1. The minimum atomic E-state index is 0.0118. The Morgan fingerprint density at radius 3 is 3.00 bits per heavy atom. The number of fused-ring (bicyclic) bond motifs is 2. The molecule has 0 radical (unpaired) electrons. The first-order valence-electron chi connectivity index (χ1n) is 8.29. The lowest BCUT2D eigenvalue weighted by atomic mass is 9.94. The molecule has 4 rings (SSSR count). The van der Waals surface area contributed by atoms with Crippen molar-refractivity contribution in [3.8, 4) is 0 Å². The van der Waals surface area contributed by atoms with E-state index in [0.717, 1.165) is 25.8 Å². The molecule has 3 aliphatic heterocycles. The van der Waals surface area contributed by atoms with Gasteiger partial charge >= 0.3 is 0 Å². The Balaban J connectivity index is 1.52. The molecule has 22 heavy (non-hydrogen) atoms. The van der Waals surface area contributed by atoms with Crippen molar-refractivity contribution >= 4 is 11.8 Å². The second-order valence-electron chi connectivity index (χ2n) is 6.89. The summed E-state index contributed by atoms with van der Waals surface area (Å²) in [7, 11) is 0. The van der Waals surface area contributed by atoms with Crippen molar-refractivity contribution in [2.45, 2.75) is 51.1 Å². The molecule has 1 aromatic heterocycles. The second-order valence-corrected chi connectivity index (χ2v) is 6.89. The van der Waals surface area contributed by atoms with Crippen LogP contribution in [0, 0.1) is 5.92 Å². The highest BCUT2D eigenvalue weighted by molar-refractivity contribution is 5.93. The van der Waals surface area contributed by atoms with E-state index in [1.165, 1.54) is 12.1 Å². The molecule has 0 bridgehead atoms. The molecule has 118 valence electrons. The molecule has 1 aromatic rings. The Morgan fingerprint density at radius 2 is 2.18 bits per heavy atom. The van der Waals surface area contributed by atoms with Crippen LogP contribution >= 0.6 is 0 Å². The Kier molecular flexibility index (Phi) is 3.20. The van der Waals surface area contributed by atoms with Gasteiger partial charge < -0.3 is 10.2 Å². The minimum absolute atomic E-state index is 0.0118. The Hall–Kier alpha value is -1.85. The Bertz CT molecular complexity index is 624. The van der Waals surface area contributed by atoms with Crippen LogP contribution in [-0.4, -0.2) is 45.6 Å². The molecule has 3 unspecified atom stereocenters. The summed E-state index contributed by atoms with van der Waals surface area (Å²) in [5.74, 6) is 0.525. The van der Waals surface area contributed by atoms with Crippen molar-refractivity contribution < 1.29 is 9.59 Å². The average molecular weight is 302 g/mol. The van der Waals surface area contributed by atoms with E-state index in [1.54, 1.807) is 0 Å². The molecular formula is C16H22N4O2. The van der Waals surface area contributed by atoms with Gasteiger partial charge in [0.25, 0.3) is 5.91 Å². The molecule has 6 nitrogen and oxygen atoms in total. The van der Waals surface area contributed by atoms with E-state index in [1.807, 2.05) is 15.6 Å². The van der Waals surface area contributed by atoms with Gasteiger partial charge in [-0.2, -0.15) is 5.10 Å². The van der Waals surface area contributed by atoms with Crippen molar-refractivity contribution in [1.29, 1.82) is 0 Å². The van der Waals surface area contributed by atoms with Crippen molar-refractivity contribution in [1.82, 2.24) is 20.0 Å². The van der Waals surface area contributed by atoms with Gasteiger partial charge in [0.15, 0.2) is 5.69 Å². The summed E-state index contributed by atoms with van der Waals surface area (Å²) in [6.07, 6.45) is 4.77. The van der Waals surface area contributed by atoms with Gasteiger partial charge in [0.05, 0.1) is 6.04 Å². The van der Waals surface area contributed by atoms with E-state index in [0.29, 0.717) is 30.6 Å². The largest absolute Gasteiger partial charge is 0.351 e. The first-order chi connectivity index (χ1) is 10.6. The average Bonchev–Trinajstić information content (AvgIpc) is 3.10. The van der Waals surface area contributed by atoms with Gasteiger partial charge in [-0.1, -0.05) is 0 Å². The van der Waals surface area contributed by atoms with Gasteiger partial charge in [-0.15, -0.1) is 0 Å². The van der Waals surface area contributed by atoms with Gasteiger partial charge in [-0.3, -0.25) is 14.3 Å². The molecule has 0 aromatic carbocycles. The van der Waals surface area contributed by atoms with Crippen LogP contribution in [-0.2, 0) is 11.2 Å². The van der Waals surface area contributed by atoms with E-state index >= 15 is 0 Å². The maximum atomic E-state index is 12.7. The number of aromatic nitrogens is 2. The minimum Gasteiger partial charge on any atom is -0.351 e. The van der Waals surface area contributed by atoms with Crippen molar-refractivity contribution in [3.05, 3.63) is 17.5 Å². The van der Waals surface area contributed by atoms with Crippen LogP contribution < -0.4 is 5.32 Å². The molecule has 1 N–H and O–H groups in total. The number of aryl methyl sites for hydroxylation is 1.